The molecule has 0 aliphatic rings. The number of amides is 2. The van der Waals surface area contributed by atoms with Crippen LogP contribution in [0.1, 0.15) is 25.0 Å². The van der Waals surface area contributed by atoms with Crippen LogP contribution in [0.15, 0.2) is 47.6 Å². The van der Waals surface area contributed by atoms with E-state index in [2.05, 4.69) is 15.8 Å². The van der Waals surface area contributed by atoms with Crippen molar-refractivity contribution in [3.8, 4) is 17.2 Å². The van der Waals surface area contributed by atoms with Gasteiger partial charge in [0.1, 0.15) is 11.8 Å². The molecule has 1 atom stereocenters. The number of ether oxygens (including phenoxy) is 2. The number of rotatable bonds is 9. The molecule has 0 saturated heterocycles. The van der Waals surface area contributed by atoms with Crippen molar-refractivity contribution < 1.29 is 24.2 Å². The number of hydrazone groups is 1. The standard InChI is InChI=1S/C21H25N3O5/c1-4-29-19-11-16(7-10-18(19)25)13-22-24-21(27)14(2)23-20(26)12-15-5-8-17(28-3)9-6-15/h5-11,13-14,25H,4,12H2,1-3H3,(H,23,26)(H,24,27). The van der Waals surface area contributed by atoms with E-state index in [9.17, 15) is 14.7 Å². The summed E-state index contributed by atoms with van der Waals surface area (Å²) in [5, 5.41) is 16.2. The van der Waals surface area contributed by atoms with Crippen molar-refractivity contribution in [2.45, 2.75) is 26.3 Å². The Kier molecular flexibility index (Phi) is 8.02. The lowest BCUT2D eigenvalue weighted by Crippen LogP contribution is -2.43. The van der Waals surface area contributed by atoms with Crippen LogP contribution in [-0.2, 0) is 16.0 Å². The van der Waals surface area contributed by atoms with Gasteiger partial charge in [0.2, 0.25) is 5.91 Å². The van der Waals surface area contributed by atoms with Gasteiger partial charge in [-0.05, 0) is 55.3 Å². The lowest BCUT2D eigenvalue weighted by atomic mass is 10.1. The summed E-state index contributed by atoms with van der Waals surface area (Å²) >= 11 is 0. The third-order valence-corrected chi connectivity index (χ3v) is 3.97. The zero-order chi connectivity index (χ0) is 21.2. The largest absolute Gasteiger partial charge is 0.504 e. The average Bonchev–Trinajstić information content (AvgIpc) is 2.71. The van der Waals surface area contributed by atoms with Gasteiger partial charge in [-0.15, -0.1) is 0 Å². The highest BCUT2D eigenvalue weighted by Crippen LogP contribution is 2.26. The van der Waals surface area contributed by atoms with Crippen molar-refractivity contribution >= 4 is 18.0 Å². The van der Waals surface area contributed by atoms with E-state index in [1.807, 2.05) is 6.92 Å². The Morgan fingerprint density at radius 3 is 2.59 bits per heavy atom. The Morgan fingerprint density at radius 2 is 1.93 bits per heavy atom. The van der Waals surface area contributed by atoms with Gasteiger partial charge in [0.25, 0.3) is 5.91 Å². The fourth-order valence-corrected chi connectivity index (χ4v) is 2.44. The van der Waals surface area contributed by atoms with Gasteiger partial charge in [-0.1, -0.05) is 12.1 Å². The molecule has 1 unspecified atom stereocenters. The summed E-state index contributed by atoms with van der Waals surface area (Å²) in [6.45, 7) is 3.80. The number of carbonyl (C=O) groups excluding carboxylic acids is 2. The third-order valence-electron chi connectivity index (χ3n) is 3.97. The second kappa shape index (κ2) is 10.7. The number of aromatic hydroxyl groups is 1. The number of phenols is 1. The van der Waals surface area contributed by atoms with Crippen molar-refractivity contribution in [3.05, 3.63) is 53.6 Å². The zero-order valence-electron chi connectivity index (χ0n) is 16.6. The molecule has 0 aliphatic heterocycles. The van der Waals surface area contributed by atoms with Gasteiger partial charge in [-0.25, -0.2) is 5.43 Å². The highest BCUT2D eigenvalue weighted by atomic mass is 16.5. The Balaban J connectivity index is 1.84. The predicted molar refractivity (Wildman–Crippen MR) is 109 cm³/mol. The van der Waals surface area contributed by atoms with Crippen LogP contribution in [0.25, 0.3) is 0 Å². The van der Waals surface area contributed by atoms with Crippen molar-refractivity contribution in [1.29, 1.82) is 0 Å². The van der Waals surface area contributed by atoms with Crippen molar-refractivity contribution in [1.82, 2.24) is 10.7 Å². The van der Waals surface area contributed by atoms with Crippen molar-refractivity contribution in [2.24, 2.45) is 5.10 Å². The molecule has 0 fully saturated rings. The minimum absolute atomic E-state index is 0.0289. The molecular weight excluding hydrogens is 374 g/mol. The Labute approximate surface area is 169 Å². The van der Waals surface area contributed by atoms with Crippen LogP contribution < -0.4 is 20.2 Å². The summed E-state index contributed by atoms with van der Waals surface area (Å²) in [5.74, 6) is 0.347. The Bertz CT molecular complexity index is 865. The number of hydrogen-bond donors (Lipinski definition) is 3. The predicted octanol–water partition coefficient (Wildman–Crippen LogP) is 2.00. The van der Waals surface area contributed by atoms with E-state index in [-0.39, 0.29) is 18.1 Å². The number of carbonyl (C=O) groups is 2. The summed E-state index contributed by atoms with van der Waals surface area (Å²) < 4.78 is 10.4. The molecule has 0 bridgehead atoms. The maximum absolute atomic E-state index is 12.1. The third kappa shape index (κ3) is 6.84. The quantitative estimate of drug-likeness (QED) is 0.441. The molecule has 0 saturated carbocycles. The maximum atomic E-state index is 12.1. The Morgan fingerprint density at radius 1 is 1.21 bits per heavy atom. The van der Waals surface area contributed by atoms with Gasteiger partial charge < -0.3 is 19.9 Å². The van der Waals surface area contributed by atoms with Crippen LogP contribution in [0, 0.1) is 0 Å². The topological polar surface area (TPSA) is 109 Å². The van der Waals surface area contributed by atoms with Crippen molar-refractivity contribution in [2.75, 3.05) is 13.7 Å². The van der Waals surface area contributed by atoms with E-state index in [0.29, 0.717) is 23.7 Å². The molecule has 2 rings (SSSR count). The smallest absolute Gasteiger partial charge is 0.262 e. The molecule has 0 spiro atoms. The Hall–Kier alpha value is -3.55. The van der Waals surface area contributed by atoms with E-state index in [4.69, 9.17) is 9.47 Å². The molecule has 2 aromatic carbocycles. The highest BCUT2D eigenvalue weighted by Gasteiger charge is 2.15. The molecule has 0 radical (unpaired) electrons. The lowest BCUT2D eigenvalue weighted by molar-refractivity contribution is -0.128. The highest BCUT2D eigenvalue weighted by molar-refractivity contribution is 5.89. The fraction of sp³-hybridized carbons (Fsp3) is 0.286. The van der Waals surface area contributed by atoms with E-state index in [0.717, 1.165) is 5.56 Å². The average molecular weight is 399 g/mol. The number of nitrogens with one attached hydrogen (secondary N) is 2. The van der Waals surface area contributed by atoms with E-state index >= 15 is 0 Å². The van der Waals surface area contributed by atoms with Gasteiger partial charge in [-0.2, -0.15) is 5.10 Å². The number of benzene rings is 2. The summed E-state index contributed by atoms with van der Waals surface area (Å²) in [6, 6.07) is 11.1. The van der Waals surface area contributed by atoms with Crippen LogP contribution in [-0.4, -0.2) is 42.9 Å². The maximum Gasteiger partial charge on any atom is 0.262 e. The molecule has 3 N–H and O–H groups in total. The first-order valence-corrected chi connectivity index (χ1v) is 9.14. The first-order valence-electron chi connectivity index (χ1n) is 9.14. The molecule has 29 heavy (non-hydrogen) atoms. The summed E-state index contributed by atoms with van der Waals surface area (Å²) in [5.41, 5.74) is 3.83. The van der Waals surface area contributed by atoms with Crippen LogP contribution in [0.2, 0.25) is 0 Å². The van der Waals surface area contributed by atoms with Crippen LogP contribution in [0.4, 0.5) is 0 Å². The minimum atomic E-state index is -0.753. The molecular formula is C21H25N3O5. The van der Waals surface area contributed by atoms with Gasteiger partial charge in [-0.3, -0.25) is 9.59 Å². The summed E-state index contributed by atoms with van der Waals surface area (Å²) in [7, 11) is 1.57. The van der Waals surface area contributed by atoms with Gasteiger partial charge >= 0.3 is 0 Å². The fourth-order valence-electron chi connectivity index (χ4n) is 2.44. The van der Waals surface area contributed by atoms with Gasteiger partial charge in [0.15, 0.2) is 11.5 Å². The second-order valence-corrected chi connectivity index (χ2v) is 6.21. The zero-order valence-corrected chi connectivity index (χ0v) is 16.6. The molecule has 8 nitrogen and oxygen atoms in total. The van der Waals surface area contributed by atoms with Crippen molar-refractivity contribution in [3.63, 3.8) is 0 Å². The molecule has 0 aromatic heterocycles. The number of methoxy groups -OCH3 is 1. The second-order valence-electron chi connectivity index (χ2n) is 6.21. The summed E-state index contributed by atoms with van der Waals surface area (Å²) in [6.07, 6.45) is 1.57. The molecule has 0 aliphatic carbocycles. The molecule has 2 amide bonds. The monoisotopic (exact) mass is 399 g/mol. The van der Waals surface area contributed by atoms with E-state index in [1.54, 1.807) is 50.4 Å². The van der Waals surface area contributed by atoms with Gasteiger partial charge in [0.05, 0.1) is 26.4 Å². The van der Waals surface area contributed by atoms with Crippen LogP contribution >= 0.6 is 0 Å². The summed E-state index contributed by atoms with van der Waals surface area (Å²) in [4.78, 5) is 24.2. The van der Waals surface area contributed by atoms with E-state index in [1.165, 1.54) is 12.3 Å². The van der Waals surface area contributed by atoms with Crippen LogP contribution in [0.5, 0.6) is 17.2 Å². The number of phenolic OH excluding ortho intramolecular Hbond substituents is 1. The number of hydrogen-bond acceptors (Lipinski definition) is 6. The number of nitrogens with zero attached hydrogens (tertiary/aromatic N) is 1. The lowest BCUT2D eigenvalue weighted by Gasteiger charge is -2.12. The van der Waals surface area contributed by atoms with Crippen LogP contribution in [0.3, 0.4) is 0 Å². The molecule has 2 aromatic rings. The van der Waals surface area contributed by atoms with E-state index < -0.39 is 11.9 Å². The first kappa shape index (κ1) is 21.7. The van der Waals surface area contributed by atoms with Gasteiger partial charge in [0, 0.05) is 0 Å². The molecule has 154 valence electrons. The normalized spacial score (nSPS) is 11.7. The minimum Gasteiger partial charge on any atom is -0.504 e. The molecule has 8 heteroatoms. The first-order chi connectivity index (χ1) is 13.9. The SMILES string of the molecule is CCOc1cc(C=NNC(=O)C(C)NC(=O)Cc2ccc(OC)cc2)ccc1O. The molecule has 0 heterocycles.